The maximum absolute atomic E-state index is 2.32. The summed E-state index contributed by atoms with van der Waals surface area (Å²) in [7, 11) is 4.17. The van der Waals surface area contributed by atoms with Gasteiger partial charge >= 0.3 is 0 Å². The van der Waals surface area contributed by atoms with Crippen molar-refractivity contribution in [1.82, 2.24) is 10.0 Å². The van der Waals surface area contributed by atoms with E-state index in [2.05, 4.69) is 54.0 Å². The second-order valence-corrected chi connectivity index (χ2v) is 5.39. The molecule has 2 heterocycles. The SMILES string of the molecule is CC1=CSC(c2cccs2)N1N(C)C. The fourth-order valence-corrected chi connectivity index (χ4v) is 3.74. The summed E-state index contributed by atoms with van der Waals surface area (Å²) in [5, 5.41) is 9.26. The van der Waals surface area contributed by atoms with Gasteiger partial charge in [-0.2, -0.15) is 0 Å². The van der Waals surface area contributed by atoms with Gasteiger partial charge in [0.2, 0.25) is 0 Å². The molecule has 2 rings (SSSR count). The van der Waals surface area contributed by atoms with Crippen molar-refractivity contribution in [2.75, 3.05) is 14.1 Å². The van der Waals surface area contributed by atoms with E-state index in [1.807, 2.05) is 23.1 Å². The van der Waals surface area contributed by atoms with Crippen LogP contribution in [0.15, 0.2) is 28.6 Å². The normalized spacial score (nSPS) is 21.9. The van der Waals surface area contributed by atoms with Gasteiger partial charge < -0.3 is 0 Å². The van der Waals surface area contributed by atoms with Gasteiger partial charge in [0.05, 0.1) is 0 Å². The molecule has 0 saturated carbocycles. The molecule has 0 fully saturated rings. The van der Waals surface area contributed by atoms with Crippen molar-refractivity contribution in [2.24, 2.45) is 0 Å². The average Bonchev–Trinajstić information content (AvgIpc) is 2.70. The molecular formula is C10H14N2S2. The maximum Gasteiger partial charge on any atom is 0.129 e. The molecule has 0 aromatic carbocycles. The summed E-state index contributed by atoms with van der Waals surface area (Å²) < 4.78 is 0. The molecule has 0 bridgehead atoms. The minimum absolute atomic E-state index is 0.435. The molecule has 1 atom stereocenters. The van der Waals surface area contributed by atoms with E-state index in [0.717, 1.165) is 0 Å². The zero-order chi connectivity index (χ0) is 10.1. The molecule has 1 aromatic rings. The fourth-order valence-electron chi connectivity index (χ4n) is 1.60. The topological polar surface area (TPSA) is 6.48 Å². The first-order valence-corrected chi connectivity index (χ1v) is 6.34. The highest BCUT2D eigenvalue weighted by molar-refractivity contribution is 8.02. The van der Waals surface area contributed by atoms with Gasteiger partial charge in [0, 0.05) is 24.7 Å². The molecule has 2 nitrogen and oxygen atoms in total. The van der Waals surface area contributed by atoms with Gasteiger partial charge in [0.1, 0.15) is 5.37 Å². The van der Waals surface area contributed by atoms with E-state index in [4.69, 9.17) is 0 Å². The van der Waals surface area contributed by atoms with E-state index in [1.54, 1.807) is 0 Å². The lowest BCUT2D eigenvalue weighted by Gasteiger charge is -2.32. The van der Waals surface area contributed by atoms with Crippen LogP contribution in [0.2, 0.25) is 0 Å². The predicted octanol–water partition coefficient (Wildman–Crippen LogP) is 3.13. The van der Waals surface area contributed by atoms with Crippen LogP contribution in [0.5, 0.6) is 0 Å². The van der Waals surface area contributed by atoms with Crippen LogP contribution in [0.4, 0.5) is 0 Å². The van der Waals surface area contributed by atoms with Crippen molar-refractivity contribution in [3.8, 4) is 0 Å². The van der Waals surface area contributed by atoms with Gasteiger partial charge in [-0.1, -0.05) is 17.8 Å². The third-order valence-electron chi connectivity index (χ3n) is 2.17. The molecule has 1 unspecified atom stereocenters. The first kappa shape index (κ1) is 10.1. The van der Waals surface area contributed by atoms with Crippen molar-refractivity contribution in [2.45, 2.75) is 12.3 Å². The second kappa shape index (κ2) is 3.96. The lowest BCUT2D eigenvalue weighted by atomic mass is 10.4. The molecule has 76 valence electrons. The van der Waals surface area contributed by atoms with Gasteiger partial charge in [-0.05, 0) is 23.8 Å². The number of thioether (sulfide) groups is 1. The summed E-state index contributed by atoms with van der Waals surface area (Å²) in [5.74, 6) is 0. The molecule has 14 heavy (non-hydrogen) atoms. The quantitative estimate of drug-likeness (QED) is 0.765. The molecule has 1 aliphatic heterocycles. The fraction of sp³-hybridized carbons (Fsp3) is 0.400. The van der Waals surface area contributed by atoms with Gasteiger partial charge in [0.15, 0.2) is 0 Å². The van der Waals surface area contributed by atoms with Crippen molar-refractivity contribution in [1.29, 1.82) is 0 Å². The number of rotatable bonds is 2. The average molecular weight is 226 g/mol. The van der Waals surface area contributed by atoms with Crippen molar-refractivity contribution < 1.29 is 0 Å². The highest BCUT2D eigenvalue weighted by atomic mass is 32.2. The summed E-state index contributed by atoms with van der Waals surface area (Å²) in [6.07, 6.45) is 0. The van der Waals surface area contributed by atoms with Crippen molar-refractivity contribution in [3.63, 3.8) is 0 Å². The van der Waals surface area contributed by atoms with E-state index in [9.17, 15) is 0 Å². The molecule has 0 spiro atoms. The third kappa shape index (κ3) is 1.69. The summed E-state index contributed by atoms with van der Waals surface area (Å²) in [6, 6.07) is 4.31. The van der Waals surface area contributed by atoms with E-state index in [-0.39, 0.29) is 0 Å². The Hall–Kier alpha value is -0.450. The number of nitrogens with zero attached hydrogens (tertiary/aromatic N) is 2. The smallest absolute Gasteiger partial charge is 0.129 e. The Kier molecular flexibility index (Phi) is 2.85. The highest BCUT2D eigenvalue weighted by Crippen LogP contribution is 2.44. The molecule has 0 radical (unpaired) electrons. The standard InChI is InChI=1S/C10H14N2S2/c1-8-7-14-10(12(8)11(2)3)9-5-4-6-13-9/h4-7,10H,1-3H3. The summed E-state index contributed by atoms with van der Waals surface area (Å²) in [5.41, 5.74) is 1.32. The lowest BCUT2D eigenvalue weighted by Crippen LogP contribution is -2.34. The first-order chi connectivity index (χ1) is 6.70. The minimum atomic E-state index is 0.435. The second-order valence-electron chi connectivity index (χ2n) is 3.45. The Balaban J connectivity index is 2.23. The zero-order valence-electron chi connectivity index (χ0n) is 8.60. The van der Waals surface area contributed by atoms with Crippen LogP contribution in [-0.4, -0.2) is 24.1 Å². The van der Waals surface area contributed by atoms with E-state index in [0.29, 0.717) is 5.37 Å². The molecule has 4 heteroatoms. The van der Waals surface area contributed by atoms with Crippen LogP contribution >= 0.6 is 23.1 Å². The van der Waals surface area contributed by atoms with E-state index in [1.165, 1.54) is 10.6 Å². The lowest BCUT2D eigenvalue weighted by molar-refractivity contribution is 0.0585. The number of hydrogen-bond donors (Lipinski definition) is 0. The Morgan fingerprint density at radius 1 is 1.43 bits per heavy atom. The minimum Gasteiger partial charge on any atom is -0.291 e. The number of thiophene rings is 1. The third-order valence-corrected chi connectivity index (χ3v) is 4.43. The zero-order valence-corrected chi connectivity index (χ0v) is 10.2. The Morgan fingerprint density at radius 3 is 2.79 bits per heavy atom. The maximum atomic E-state index is 2.32. The molecule has 0 saturated heterocycles. The van der Waals surface area contributed by atoms with Gasteiger partial charge in [-0.25, -0.2) is 5.01 Å². The Bertz CT molecular complexity index is 330. The van der Waals surface area contributed by atoms with Crippen LogP contribution in [0.1, 0.15) is 17.2 Å². The number of hydrazine groups is 1. The molecule has 1 aromatic heterocycles. The first-order valence-electron chi connectivity index (χ1n) is 4.52. The molecule has 0 amide bonds. The predicted molar refractivity (Wildman–Crippen MR) is 63.9 cm³/mol. The van der Waals surface area contributed by atoms with Crippen LogP contribution in [0, 0.1) is 0 Å². The van der Waals surface area contributed by atoms with Crippen LogP contribution in [0.25, 0.3) is 0 Å². The van der Waals surface area contributed by atoms with E-state index < -0.39 is 0 Å². The number of hydrogen-bond acceptors (Lipinski definition) is 4. The van der Waals surface area contributed by atoms with Crippen molar-refractivity contribution in [3.05, 3.63) is 33.5 Å². The van der Waals surface area contributed by atoms with Gasteiger partial charge in [-0.15, -0.1) is 11.3 Å². The largest absolute Gasteiger partial charge is 0.291 e. The molecular weight excluding hydrogens is 212 g/mol. The van der Waals surface area contributed by atoms with Crippen molar-refractivity contribution >= 4 is 23.1 Å². The van der Waals surface area contributed by atoms with Gasteiger partial charge in [0.25, 0.3) is 0 Å². The van der Waals surface area contributed by atoms with E-state index >= 15 is 0 Å². The molecule has 1 aliphatic rings. The molecule has 0 aliphatic carbocycles. The molecule has 0 N–H and O–H groups in total. The monoisotopic (exact) mass is 226 g/mol. The Morgan fingerprint density at radius 2 is 2.21 bits per heavy atom. The summed E-state index contributed by atoms with van der Waals surface area (Å²) >= 11 is 3.70. The number of allylic oxidation sites excluding steroid dienone is 1. The Labute approximate surface area is 93.2 Å². The van der Waals surface area contributed by atoms with Gasteiger partial charge in [-0.3, -0.25) is 5.01 Å². The highest BCUT2D eigenvalue weighted by Gasteiger charge is 2.28. The van der Waals surface area contributed by atoms with Crippen LogP contribution < -0.4 is 0 Å². The van der Waals surface area contributed by atoms with Crippen LogP contribution in [0.3, 0.4) is 0 Å². The summed E-state index contributed by atoms with van der Waals surface area (Å²) in [6.45, 7) is 2.15. The summed E-state index contributed by atoms with van der Waals surface area (Å²) in [4.78, 5) is 1.41. The van der Waals surface area contributed by atoms with Crippen LogP contribution in [-0.2, 0) is 0 Å².